The molecule has 3 aliphatic rings. The molecule has 1 saturated heterocycles. The number of carbonyl (C=O) groups excluding carboxylic acids is 1. The molecule has 1 aromatic heterocycles. The number of piperidine rings is 1. The minimum atomic E-state index is -0.427. The summed E-state index contributed by atoms with van der Waals surface area (Å²) >= 11 is 0. The smallest absolute Gasteiger partial charge is 0.411 e. The monoisotopic (exact) mass is 488 g/mol. The van der Waals surface area contributed by atoms with Crippen LogP contribution in [0.25, 0.3) is 11.0 Å². The number of benzene rings is 2. The first-order chi connectivity index (χ1) is 17.5. The van der Waals surface area contributed by atoms with E-state index < -0.39 is 6.09 Å². The lowest BCUT2D eigenvalue weighted by Gasteiger charge is -2.40. The van der Waals surface area contributed by atoms with Crippen molar-refractivity contribution in [2.75, 3.05) is 39.2 Å². The average Bonchev–Trinajstić information content (AvgIpc) is 3.55. The quantitative estimate of drug-likeness (QED) is 0.524. The summed E-state index contributed by atoms with van der Waals surface area (Å²) in [4.78, 5) is 19.3. The molecule has 3 aromatic rings. The number of amides is 1. The van der Waals surface area contributed by atoms with Crippen LogP contribution in [0.15, 0.2) is 36.4 Å². The van der Waals surface area contributed by atoms with Crippen LogP contribution < -0.4 is 5.32 Å². The molecule has 7 nitrogen and oxygen atoms in total. The maximum Gasteiger partial charge on any atom is 0.411 e. The molecule has 0 radical (unpaired) electrons. The zero-order chi connectivity index (χ0) is 24.8. The molecule has 1 unspecified atom stereocenters. The fourth-order valence-corrected chi connectivity index (χ4v) is 6.32. The molecule has 2 aromatic carbocycles. The highest BCUT2D eigenvalue weighted by atomic mass is 16.5. The van der Waals surface area contributed by atoms with Gasteiger partial charge in [0.05, 0.1) is 30.3 Å². The third kappa shape index (κ3) is 4.50. The number of likely N-dealkylation sites (tertiary alicyclic amines) is 1. The lowest BCUT2D eigenvalue weighted by molar-refractivity contribution is -0.00950. The Morgan fingerprint density at radius 3 is 2.69 bits per heavy atom. The number of anilines is 1. The minimum Gasteiger partial charge on any atom is -0.453 e. The topological polar surface area (TPSA) is 68.6 Å². The summed E-state index contributed by atoms with van der Waals surface area (Å²) in [5, 5.41) is 2.79. The van der Waals surface area contributed by atoms with Gasteiger partial charge in [0.2, 0.25) is 0 Å². The van der Waals surface area contributed by atoms with Gasteiger partial charge in [0, 0.05) is 38.3 Å². The Bertz CT molecular complexity index is 1280. The van der Waals surface area contributed by atoms with E-state index in [1.54, 1.807) is 0 Å². The summed E-state index contributed by atoms with van der Waals surface area (Å²) in [6.45, 7) is 5.23. The molecule has 36 heavy (non-hydrogen) atoms. The summed E-state index contributed by atoms with van der Waals surface area (Å²) in [5.74, 6) is 2.45. The van der Waals surface area contributed by atoms with Crippen molar-refractivity contribution < 1.29 is 14.3 Å². The Morgan fingerprint density at radius 2 is 1.92 bits per heavy atom. The van der Waals surface area contributed by atoms with Gasteiger partial charge in [0.1, 0.15) is 5.82 Å². The van der Waals surface area contributed by atoms with Crippen LogP contribution in [-0.4, -0.2) is 60.5 Å². The van der Waals surface area contributed by atoms with Crippen LogP contribution in [0.2, 0.25) is 0 Å². The number of ether oxygens (including phenoxy) is 2. The molecule has 1 N–H and O–H groups in total. The molecule has 3 atom stereocenters. The lowest BCUT2D eigenvalue weighted by Crippen LogP contribution is -2.47. The Kier molecular flexibility index (Phi) is 6.21. The van der Waals surface area contributed by atoms with Crippen molar-refractivity contribution in [3.8, 4) is 0 Å². The summed E-state index contributed by atoms with van der Waals surface area (Å²) in [6.07, 6.45) is 5.42. The van der Waals surface area contributed by atoms with E-state index in [-0.39, 0.29) is 6.10 Å². The van der Waals surface area contributed by atoms with Crippen molar-refractivity contribution in [3.63, 3.8) is 0 Å². The number of aromatic nitrogens is 2. The summed E-state index contributed by atoms with van der Waals surface area (Å²) < 4.78 is 13.4. The third-order valence-corrected chi connectivity index (χ3v) is 8.23. The van der Waals surface area contributed by atoms with E-state index in [1.807, 2.05) is 13.2 Å². The average molecular weight is 489 g/mol. The Balaban J connectivity index is 1.15. The minimum absolute atomic E-state index is 0.148. The third-order valence-electron chi connectivity index (χ3n) is 8.23. The first kappa shape index (κ1) is 23.5. The molecule has 2 heterocycles. The zero-order valence-electron chi connectivity index (χ0n) is 21.5. The first-order valence-corrected chi connectivity index (χ1v) is 13.2. The molecular formula is C29H36N4O3. The van der Waals surface area contributed by atoms with Crippen LogP contribution in [0, 0.1) is 12.8 Å². The summed E-state index contributed by atoms with van der Waals surface area (Å²) in [7, 11) is 3.25. The molecule has 6 rings (SSSR count). The number of rotatable bonds is 6. The second-order valence-corrected chi connectivity index (χ2v) is 10.9. The number of fused-ring (bicyclic) bond motifs is 2. The molecule has 2 aliphatic carbocycles. The number of hydrogen-bond donors (Lipinski definition) is 1. The molecular weight excluding hydrogens is 452 g/mol. The Hall–Kier alpha value is -2.90. The fourth-order valence-electron chi connectivity index (χ4n) is 6.32. The van der Waals surface area contributed by atoms with E-state index in [2.05, 4.69) is 52.0 Å². The van der Waals surface area contributed by atoms with Crippen molar-refractivity contribution in [1.82, 2.24) is 14.5 Å². The van der Waals surface area contributed by atoms with Crippen LogP contribution in [0.1, 0.15) is 53.7 Å². The molecule has 0 bridgehead atoms. The first-order valence-electron chi connectivity index (χ1n) is 13.2. The van der Waals surface area contributed by atoms with Crippen molar-refractivity contribution in [2.24, 2.45) is 5.92 Å². The Labute approximate surface area is 212 Å². The largest absolute Gasteiger partial charge is 0.453 e. The van der Waals surface area contributed by atoms with Crippen molar-refractivity contribution in [3.05, 3.63) is 58.9 Å². The van der Waals surface area contributed by atoms with Gasteiger partial charge in [-0.15, -0.1) is 0 Å². The van der Waals surface area contributed by atoms with Gasteiger partial charge in [-0.25, -0.2) is 9.78 Å². The van der Waals surface area contributed by atoms with Gasteiger partial charge in [-0.05, 0) is 85.9 Å². The Morgan fingerprint density at radius 1 is 1.08 bits per heavy atom. The number of nitrogens with zero attached hydrogens (tertiary/aromatic N) is 3. The van der Waals surface area contributed by atoms with E-state index >= 15 is 0 Å². The molecule has 1 amide bonds. The van der Waals surface area contributed by atoms with E-state index in [9.17, 15) is 4.79 Å². The standard InChI is InChI=1S/C29H36N4O3/c1-18-4-9-25-24(12-18)31-28(20-5-6-20)33(25)26-10-11-32(17-27(26)35-2)16-19-13-21-7-8-23(15-22(21)14-19)30-29(34)36-3/h4,7-9,12,15,19-20,26-27H,5-6,10-11,13-14,16-17H2,1-3H3,(H,30,34)/t19?,26-,27-/m1/s1. The fraction of sp³-hybridized carbons (Fsp3) is 0.517. The number of aryl methyl sites for hydroxylation is 1. The predicted octanol–water partition coefficient (Wildman–Crippen LogP) is 5.08. The van der Waals surface area contributed by atoms with E-state index in [1.165, 1.54) is 48.0 Å². The second kappa shape index (κ2) is 9.52. The van der Waals surface area contributed by atoms with Gasteiger partial charge in [-0.2, -0.15) is 0 Å². The van der Waals surface area contributed by atoms with Crippen LogP contribution >= 0.6 is 0 Å². The lowest BCUT2D eigenvalue weighted by atomic mass is 9.98. The van der Waals surface area contributed by atoms with Crippen LogP contribution in [-0.2, 0) is 22.3 Å². The van der Waals surface area contributed by atoms with Crippen molar-refractivity contribution in [2.45, 2.75) is 57.1 Å². The van der Waals surface area contributed by atoms with Crippen molar-refractivity contribution >= 4 is 22.8 Å². The van der Waals surface area contributed by atoms with Gasteiger partial charge in [-0.1, -0.05) is 12.1 Å². The number of hydrogen-bond acceptors (Lipinski definition) is 5. The van der Waals surface area contributed by atoms with E-state index in [0.717, 1.165) is 50.1 Å². The number of imidazole rings is 1. The maximum atomic E-state index is 11.6. The summed E-state index contributed by atoms with van der Waals surface area (Å²) in [6, 6.07) is 13.2. The zero-order valence-corrected chi connectivity index (χ0v) is 21.5. The number of carbonyl (C=O) groups is 1. The SMILES string of the molecule is COC(=O)Nc1ccc2c(c1)CC(CN1CC[C@@H](n3c(C4CC4)nc4cc(C)ccc43)[C@H](OC)C1)C2. The highest BCUT2D eigenvalue weighted by Gasteiger charge is 2.38. The van der Waals surface area contributed by atoms with Crippen LogP contribution in [0.3, 0.4) is 0 Å². The highest BCUT2D eigenvalue weighted by molar-refractivity contribution is 5.84. The predicted molar refractivity (Wildman–Crippen MR) is 141 cm³/mol. The van der Waals surface area contributed by atoms with Gasteiger partial charge in [0.25, 0.3) is 0 Å². The molecule has 2 fully saturated rings. The maximum absolute atomic E-state index is 11.6. The van der Waals surface area contributed by atoms with Gasteiger partial charge >= 0.3 is 6.09 Å². The van der Waals surface area contributed by atoms with Gasteiger partial charge < -0.3 is 18.9 Å². The van der Waals surface area contributed by atoms with E-state index in [0.29, 0.717) is 17.9 Å². The summed E-state index contributed by atoms with van der Waals surface area (Å²) in [5.41, 5.74) is 7.17. The highest BCUT2D eigenvalue weighted by Crippen LogP contribution is 2.43. The molecule has 7 heteroatoms. The molecule has 190 valence electrons. The number of methoxy groups -OCH3 is 2. The van der Waals surface area contributed by atoms with Crippen LogP contribution in [0.4, 0.5) is 10.5 Å². The van der Waals surface area contributed by atoms with E-state index in [4.69, 9.17) is 14.5 Å². The second-order valence-electron chi connectivity index (χ2n) is 10.9. The molecule has 1 aliphatic heterocycles. The van der Waals surface area contributed by atoms with Gasteiger partial charge in [0.15, 0.2) is 0 Å². The van der Waals surface area contributed by atoms with Crippen LogP contribution in [0.5, 0.6) is 0 Å². The molecule has 1 saturated carbocycles. The number of nitrogens with one attached hydrogen (secondary N) is 1. The van der Waals surface area contributed by atoms with Gasteiger partial charge in [-0.3, -0.25) is 5.32 Å². The van der Waals surface area contributed by atoms with Crippen molar-refractivity contribution in [1.29, 1.82) is 0 Å². The molecule has 0 spiro atoms. The normalized spacial score (nSPS) is 24.1.